The summed E-state index contributed by atoms with van der Waals surface area (Å²) in [5.74, 6) is 0.902. The molecule has 0 saturated carbocycles. The molecule has 1 aliphatic rings. The molecule has 0 aromatic carbocycles. The van der Waals surface area contributed by atoms with Crippen LogP contribution in [0.5, 0.6) is 0 Å². The summed E-state index contributed by atoms with van der Waals surface area (Å²) >= 11 is 1.59. The number of amides is 1. The maximum absolute atomic E-state index is 11.3. The van der Waals surface area contributed by atoms with E-state index < -0.39 is 0 Å². The van der Waals surface area contributed by atoms with Crippen molar-refractivity contribution < 1.29 is 4.79 Å². The van der Waals surface area contributed by atoms with E-state index in [1.807, 2.05) is 11.2 Å². The van der Waals surface area contributed by atoms with Gasteiger partial charge in [0.1, 0.15) is 0 Å². The summed E-state index contributed by atoms with van der Waals surface area (Å²) in [4.78, 5) is 13.2. The Morgan fingerprint density at radius 3 is 2.73 bits per heavy atom. The van der Waals surface area contributed by atoms with E-state index in [9.17, 15) is 4.79 Å². The van der Waals surface area contributed by atoms with Crippen LogP contribution in [0.1, 0.15) is 0 Å². The number of thioether (sulfide) groups is 1. The van der Waals surface area contributed by atoms with Gasteiger partial charge in [-0.05, 0) is 6.26 Å². The van der Waals surface area contributed by atoms with Gasteiger partial charge in [0, 0.05) is 26.2 Å². The van der Waals surface area contributed by atoms with Gasteiger partial charge < -0.3 is 10.2 Å². The fourth-order valence-electron chi connectivity index (χ4n) is 1.13. The SMILES string of the molecule is CSCC(=O)N1CCNCC1. The zero-order valence-corrected chi connectivity index (χ0v) is 7.62. The number of hydrogen-bond acceptors (Lipinski definition) is 3. The molecule has 0 aromatic rings. The van der Waals surface area contributed by atoms with E-state index in [1.54, 1.807) is 11.8 Å². The summed E-state index contributed by atoms with van der Waals surface area (Å²) in [6.45, 7) is 3.64. The Kier molecular flexibility index (Phi) is 3.72. The van der Waals surface area contributed by atoms with Crippen LogP contribution in [-0.4, -0.2) is 49.0 Å². The molecular formula is C7H14N2OS. The van der Waals surface area contributed by atoms with Crippen molar-refractivity contribution in [3.63, 3.8) is 0 Å². The highest BCUT2D eigenvalue weighted by Crippen LogP contribution is 1.98. The normalized spacial score (nSPS) is 18.5. The van der Waals surface area contributed by atoms with Gasteiger partial charge in [-0.25, -0.2) is 0 Å². The van der Waals surface area contributed by atoms with Crippen LogP contribution < -0.4 is 5.32 Å². The van der Waals surface area contributed by atoms with E-state index in [1.165, 1.54) is 0 Å². The third-order valence-corrected chi connectivity index (χ3v) is 2.27. The first kappa shape index (κ1) is 8.87. The van der Waals surface area contributed by atoms with Crippen molar-refractivity contribution in [1.82, 2.24) is 10.2 Å². The largest absolute Gasteiger partial charge is 0.339 e. The fourth-order valence-corrected chi connectivity index (χ4v) is 1.56. The summed E-state index contributed by atoms with van der Waals surface area (Å²) in [6.07, 6.45) is 1.96. The number of carbonyl (C=O) groups is 1. The van der Waals surface area contributed by atoms with Crippen LogP contribution in [0.25, 0.3) is 0 Å². The molecule has 0 radical (unpaired) electrons. The van der Waals surface area contributed by atoms with Crippen molar-refractivity contribution in [2.24, 2.45) is 0 Å². The highest BCUT2D eigenvalue weighted by Gasteiger charge is 2.14. The molecule has 4 heteroatoms. The summed E-state index contributed by atoms with van der Waals surface area (Å²) in [7, 11) is 0. The molecule has 64 valence electrons. The smallest absolute Gasteiger partial charge is 0.232 e. The Morgan fingerprint density at radius 2 is 2.18 bits per heavy atom. The molecule has 0 atom stereocenters. The number of nitrogens with zero attached hydrogens (tertiary/aromatic N) is 1. The summed E-state index contributed by atoms with van der Waals surface area (Å²) in [5.41, 5.74) is 0. The number of carbonyl (C=O) groups excluding carboxylic acids is 1. The topological polar surface area (TPSA) is 32.3 Å². The minimum absolute atomic E-state index is 0.277. The Balaban J connectivity index is 2.27. The third-order valence-electron chi connectivity index (χ3n) is 1.74. The van der Waals surface area contributed by atoms with Crippen LogP contribution in [0.2, 0.25) is 0 Å². The monoisotopic (exact) mass is 174 g/mol. The van der Waals surface area contributed by atoms with Crippen LogP contribution in [0, 0.1) is 0 Å². The summed E-state index contributed by atoms with van der Waals surface area (Å²) in [6, 6.07) is 0. The minimum atomic E-state index is 0.277. The maximum Gasteiger partial charge on any atom is 0.232 e. The first-order chi connectivity index (χ1) is 5.34. The van der Waals surface area contributed by atoms with Gasteiger partial charge in [0.05, 0.1) is 5.75 Å². The van der Waals surface area contributed by atoms with Gasteiger partial charge in [-0.2, -0.15) is 11.8 Å². The lowest BCUT2D eigenvalue weighted by atomic mass is 10.3. The first-order valence-electron chi connectivity index (χ1n) is 3.82. The maximum atomic E-state index is 11.3. The second kappa shape index (κ2) is 4.62. The lowest BCUT2D eigenvalue weighted by Gasteiger charge is -2.27. The Morgan fingerprint density at radius 1 is 1.55 bits per heavy atom. The average Bonchev–Trinajstić information content (AvgIpc) is 2.07. The van der Waals surface area contributed by atoms with Crippen LogP contribution in [0.3, 0.4) is 0 Å². The van der Waals surface area contributed by atoms with Crippen LogP contribution in [0.15, 0.2) is 0 Å². The van der Waals surface area contributed by atoms with Crippen molar-refractivity contribution in [3.8, 4) is 0 Å². The predicted molar refractivity (Wildman–Crippen MR) is 47.8 cm³/mol. The zero-order chi connectivity index (χ0) is 8.10. The molecule has 0 aromatic heterocycles. The van der Waals surface area contributed by atoms with E-state index in [2.05, 4.69) is 5.32 Å². The van der Waals surface area contributed by atoms with Gasteiger partial charge >= 0.3 is 0 Å². The lowest BCUT2D eigenvalue weighted by molar-refractivity contribution is -0.128. The summed E-state index contributed by atoms with van der Waals surface area (Å²) in [5, 5.41) is 3.21. The molecule has 1 N–H and O–H groups in total. The molecule has 1 aliphatic heterocycles. The van der Waals surface area contributed by atoms with Crippen molar-refractivity contribution in [2.75, 3.05) is 38.2 Å². The van der Waals surface area contributed by atoms with Gasteiger partial charge in [-0.3, -0.25) is 4.79 Å². The predicted octanol–water partition coefficient (Wildman–Crippen LogP) is -0.219. The molecule has 11 heavy (non-hydrogen) atoms. The minimum Gasteiger partial charge on any atom is -0.339 e. The number of nitrogens with one attached hydrogen (secondary N) is 1. The summed E-state index contributed by atoms with van der Waals surface area (Å²) < 4.78 is 0. The van der Waals surface area contributed by atoms with Crippen LogP contribution >= 0.6 is 11.8 Å². The van der Waals surface area contributed by atoms with Gasteiger partial charge in [-0.15, -0.1) is 0 Å². The molecule has 1 fully saturated rings. The molecule has 1 saturated heterocycles. The standard InChI is InChI=1S/C7H14N2OS/c1-11-6-7(10)9-4-2-8-3-5-9/h8H,2-6H2,1H3. The Hall–Kier alpha value is -0.220. The second-order valence-corrected chi connectivity index (χ2v) is 3.43. The quantitative estimate of drug-likeness (QED) is 0.628. The lowest BCUT2D eigenvalue weighted by Crippen LogP contribution is -2.47. The van der Waals surface area contributed by atoms with E-state index in [-0.39, 0.29) is 5.91 Å². The molecule has 0 spiro atoms. The number of piperazine rings is 1. The van der Waals surface area contributed by atoms with Crippen molar-refractivity contribution >= 4 is 17.7 Å². The van der Waals surface area contributed by atoms with E-state index in [4.69, 9.17) is 0 Å². The molecular weight excluding hydrogens is 160 g/mol. The third kappa shape index (κ3) is 2.71. The van der Waals surface area contributed by atoms with Crippen molar-refractivity contribution in [2.45, 2.75) is 0 Å². The van der Waals surface area contributed by atoms with E-state index >= 15 is 0 Å². The molecule has 1 heterocycles. The van der Waals surface area contributed by atoms with Gasteiger partial charge in [0.25, 0.3) is 0 Å². The average molecular weight is 174 g/mol. The molecule has 0 bridgehead atoms. The number of rotatable bonds is 2. The van der Waals surface area contributed by atoms with Crippen molar-refractivity contribution in [3.05, 3.63) is 0 Å². The molecule has 3 nitrogen and oxygen atoms in total. The molecule has 1 amide bonds. The van der Waals surface area contributed by atoms with Gasteiger partial charge in [0.2, 0.25) is 5.91 Å². The first-order valence-corrected chi connectivity index (χ1v) is 5.21. The highest BCUT2D eigenvalue weighted by molar-refractivity contribution is 7.99. The van der Waals surface area contributed by atoms with Crippen molar-refractivity contribution in [1.29, 1.82) is 0 Å². The zero-order valence-electron chi connectivity index (χ0n) is 6.80. The van der Waals surface area contributed by atoms with E-state index in [0.717, 1.165) is 26.2 Å². The van der Waals surface area contributed by atoms with E-state index in [0.29, 0.717) is 5.75 Å². The number of hydrogen-bond donors (Lipinski definition) is 1. The molecule has 0 unspecified atom stereocenters. The van der Waals surface area contributed by atoms with Crippen LogP contribution in [-0.2, 0) is 4.79 Å². The Bertz CT molecular complexity index is 134. The highest BCUT2D eigenvalue weighted by atomic mass is 32.2. The van der Waals surface area contributed by atoms with Gasteiger partial charge in [-0.1, -0.05) is 0 Å². The Labute approximate surface area is 71.5 Å². The van der Waals surface area contributed by atoms with Gasteiger partial charge in [0.15, 0.2) is 0 Å². The fraction of sp³-hybridized carbons (Fsp3) is 0.857. The van der Waals surface area contributed by atoms with Crippen LogP contribution in [0.4, 0.5) is 0 Å². The molecule has 1 rings (SSSR count). The molecule has 0 aliphatic carbocycles. The second-order valence-electron chi connectivity index (χ2n) is 2.56.